The van der Waals surface area contributed by atoms with E-state index in [1.165, 1.54) is 12.8 Å². The highest BCUT2D eigenvalue weighted by molar-refractivity contribution is 5.40. The number of hydrogen-bond donors (Lipinski definition) is 1. The quantitative estimate of drug-likeness (QED) is 0.869. The lowest BCUT2D eigenvalue weighted by atomic mass is 9.89. The van der Waals surface area contributed by atoms with E-state index in [1.54, 1.807) is 7.11 Å². The number of nitrogens with one attached hydrogen (secondary N) is 1. The number of ether oxygens (including phenoxy) is 1. The van der Waals surface area contributed by atoms with Gasteiger partial charge in [0.05, 0.1) is 7.11 Å². The Balaban J connectivity index is 2.13. The van der Waals surface area contributed by atoms with Crippen molar-refractivity contribution in [1.29, 1.82) is 0 Å². The van der Waals surface area contributed by atoms with Gasteiger partial charge in [0.15, 0.2) is 0 Å². The van der Waals surface area contributed by atoms with Crippen molar-refractivity contribution in [2.75, 3.05) is 20.2 Å². The van der Waals surface area contributed by atoms with Gasteiger partial charge in [-0.05, 0) is 49.9 Å². The molecule has 2 rings (SSSR count). The molecule has 0 atom stereocenters. The number of rotatable bonds is 4. The Labute approximate surface area is 102 Å². The first-order valence-electron chi connectivity index (χ1n) is 6.26. The zero-order valence-corrected chi connectivity index (χ0v) is 10.3. The fourth-order valence-corrected chi connectivity index (χ4v) is 2.54. The van der Waals surface area contributed by atoms with Crippen LogP contribution >= 0.6 is 0 Å². The standard InChI is InChI=1S/C14H20FNO/c1-17-14-4-2-3-12(13(14)10-15)9-11-5-7-16-8-6-11/h2-4,11,16H,5-10H2,1H3. The summed E-state index contributed by atoms with van der Waals surface area (Å²) in [5.74, 6) is 1.35. The normalized spacial score (nSPS) is 17.1. The zero-order valence-electron chi connectivity index (χ0n) is 10.3. The van der Waals surface area contributed by atoms with Crippen molar-refractivity contribution >= 4 is 0 Å². The molecule has 0 bridgehead atoms. The summed E-state index contributed by atoms with van der Waals surface area (Å²) in [5, 5.41) is 3.35. The molecule has 0 aliphatic carbocycles. The van der Waals surface area contributed by atoms with Gasteiger partial charge in [0, 0.05) is 5.56 Å². The third-order valence-corrected chi connectivity index (χ3v) is 3.55. The van der Waals surface area contributed by atoms with Crippen LogP contribution in [-0.2, 0) is 13.1 Å². The summed E-state index contributed by atoms with van der Waals surface area (Å²) in [4.78, 5) is 0. The number of benzene rings is 1. The van der Waals surface area contributed by atoms with Crippen LogP contribution in [0.3, 0.4) is 0 Å². The van der Waals surface area contributed by atoms with Crippen LogP contribution in [0.1, 0.15) is 24.0 Å². The summed E-state index contributed by atoms with van der Waals surface area (Å²) in [5.41, 5.74) is 1.84. The summed E-state index contributed by atoms with van der Waals surface area (Å²) in [6, 6.07) is 5.81. The topological polar surface area (TPSA) is 21.3 Å². The van der Waals surface area contributed by atoms with Gasteiger partial charge >= 0.3 is 0 Å². The molecular formula is C14H20FNO. The van der Waals surface area contributed by atoms with Crippen LogP contribution in [0.15, 0.2) is 18.2 Å². The van der Waals surface area contributed by atoms with E-state index < -0.39 is 6.67 Å². The van der Waals surface area contributed by atoms with Crippen molar-refractivity contribution < 1.29 is 9.13 Å². The minimum Gasteiger partial charge on any atom is -0.496 e. The highest BCUT2D eigenvalue weighted by atomic mass is 19.1. The molecule has 1 N–H and O–H groups in total. The number of halogens is 1. The van der Waals surface area contributed by atoms with E-state index in [0.717, 1.165) is 30.6 Å². The Bertz CT molecular complexity index is 361. The molecule has 0 amide bonds. The van der Waals surface area contributed by atoms with Crippen molar-refractivity contribution in [2.45, 2.75) is 25.9 Å². The minimum absolute atomic E-state index is 0.440. The van der Waals surface area contributed by atoms with Crippen molar-refractivity contribution in [3.8, 4) is 5.75 Å². The summed E-state index contributed by atoms with van der Waals surface area (Å²) in [7, 11) is 1.60. The first-order chi connectivity index (χ1) is 8.35. The Kier molecular flexibility index (Phi) is 4.37. The number of alkyl halides is 1. The van der Waals surface area contributed by atoms with E-state index in [9.17, 15) is 4.39 Å². The molecule has 1 aliphatic heterocycles. The second kappa shape index (κ2) is 6.01. The average molecular weight is 237 g/mol. The van der Waals surface area contributed by atoms with Gasteiger partial charge in [-0.1, -0.05) is 12.1 Å². The SMILES string of the molecule is COc1cccc(CC2CCNCC2)c1CF. The highest BCUT2D eigenvalue weighted by Gasteiger charge is 2.16. The molecule has 1 heterocycles. The summed E-state index contributed by atoms with van der Waals surface area (Å²) < 4.78 is 18.3. The van der Waals surface area contributed by atoms with Crippen molar-refractivity contribution in [3.05, 3.63) is 29.3 Å². The third-order valence-electron chi connectivity index (χ3n) is 3.55. The van der Waals surface area contributed by atoms with Crippen molar-refractivity contribution in [2.24, 2.45) is 5.92 Å². The molecular weight excluding hydrogens is 217 g/mol. The molecule has 0 radical (unpaired) electrons. The fourth-order valence-electron chi connectivity index (χ4n) is 2.54. The van der Waals surface area contributed by atoms with Crippen molar-refractivity contribution in [3.63, 3.8) is 0 Å². The second-order valence-electron chi connectivity index (χ2n) is 4.63. The van der Waals surface area contributed by atoms with Crippen LogP contribution in [-0.4, -0.2) is 20.2 Å². The Morgan fingerprint density at radius 3 is 2.76 bits per heavy atom. The lowest BCUT2D eigenvalue weighted by molar-refractivity contribution is 0.365. The van der Waals surface area contributed by atoms with Gasteiger partial charge in [-0.25, -0.2) is 4.39 Å². The van der Waals surface area contributed by atoms with Crippen LogP contribution < -0.4 is 10.1 Å². The first kappa shape index (κ1) is 12.4. The fraction of sp³-hybridized carbons (Fsp3) is 0.571. The van der Waals surface area contributed by atoms with E-state index in [-0.39, 0.29) is 0 Å². The van der Waals surface area contributed by atoms with Gasteiger partial charge in [0.25, 0.3) is 0 Å². The van der Waals surface area contributed by atoms with Gasteiger partial charge in [-0.2, -0.15) is 0 Å². The molecule has 3 heteroatoms. The van der Waals surface area contributed by atoms with E-state index >= 15 is 0 Å². The van der Waals surface area contributed by atoms with Crippen LogP contribution in [0.4, 0.5) is 4.39 Å². The number of hydrogen-bond acceptors (Lipinski definition) is 2. The van der Waals surface area contributed by atoms with Crippen molar-refractivity contribution in [1.82, 2.24) is 5.32 Å². The zero-order chi connectivity index (χ0) is 12.1. The first-order valence-corrected chi connectivity index (χ1v) is 6.26. The maximum Gasteiger partial charge on any atom is 0.124 e. The van der Waals surface area contributed by atoms with Gasteiger partial charge in [-0.3, -0.25) is 0 Å². The molecule has 1 aromatic rings. The predicted molar refractivity (Wildman–Crippen MR) is 67.1 cm³/mol. The molecule has 2 nitrogen and oxygen atoms in total. The molecule has 1 aliphatic rings. The lowest BCUT2D eigenvalue weighted by Gasteiger charge is -2.23. The molecule has 17 heavy (non-hydrogen) atoms. The minimum atomic E-state index is -0.440. The molecule has 0 unspecified atom stereocenters. The highest BCUT2D eigenvalue weighted by Crippen LogP contribution is 2.27. The smallest absolute Gasteiger partial charge is 0.124 e. The maximum atomic E-state index is 13.1. The molecule has 0 saturated carbocycles. The summed E-state index contributed by atoms with van der Waals surface area (Å²) in [6.07, 6.45) is 3.34. The number of piperidine rings is 1. The van der Waals surface area contributed by atoms with E-state index in [4.69, 9.17) is 4.74 Å². The maximum absolute atomic E-state index is 13.1. The second-order valence-corrected chi connectivity index (χ2v) is 4.63. The summed E-state index contributed by atoms with van der Waals surface area (Å²) in [6.45, 7) is 1.73. The van der Waals surface area contributed by atoms with Gasteiger partial charge in [0.2, 0.25) is 0 Å². The third kappa shape index (κ3) is 2.97. The monoisotopic (exact) mass is 237 g/mol. The average Bonchev–Trinajstić information content (AvgIpc) is 2.39. The van der Waals surface area contributed by atoms with E-state index in [2.05, 4.69) is 5.32 Å². The Morgan fingerprint density at radius 1 is 1.35 bits per heavy atom. The molecule has 1 fully saturated rings. The molecule has 94 valence electrons. The largest absolute Gasteiger partial charge is 0.496 e. The molecule has 0 spiro atoms. The van der Waals surface area contributed by atoms with E-state index in [0.29, 0.717) is 11.7 Å². The summed E-state index contributed by atoms with van der Waals surface area (Å²) >= 11 is 0. The van der Waals surface area contributed by atoms with Crippen LogP contribution in [0.2, 0.25) is 0 Å². The number of methoxy groups -OCH3 is 1. The van der Waals surface area contributed by atoms with Gasteiger partial charge < -0.3 is 10.1 Å². The Hall–Kier alpha value is -1.09. The Morgan fingerprint density at radius 2 is 2.12 bits per heavy atom. The van der Waals surface area contributed by atoms with Crippen LogP contribution in [0.5, 0.6) is 5.75 Å². The van der Waals surface area contributed by atoms with E-state index in [1.807, 2.05) is 18.2 Å². The molecule has 1 saturated heterocycles. The van der Waals surface area contributed by atoms with Gasteiger partial charge in [-0.15, -0.1) is 0 Å². The molecule has 0 aromatic heterocycles. The van der Waals surface area contributed by atoms with Crippen LogP contribution in [0, 0.1) is 5.92 Å². The predicted octanol–water partition coefficient (Wildman–Crippen LogP) is 2.71. The van der Waals surface area contributed by atoms with Gasteiger partial charge in [0.1, 0.15) is 12.4 Å². The molecule has 1 aromatic carbocycles. The lowest BCUT2D eigenvalue weighted by Crippen LogP contribution is -2.28. The van der Waals surface area contributed by atoms with Crippen LogP contribution in [0.25, 0.3) is 0 Å².